The molecular weight excluding hydrogens is 869 g/mol. The van der Waals surface area contributed by atoms with E-state index in [1.165, 1.54) is 164 Å². The van der Waals surface area contributed by atoms with Crippen molar-refractivity contribution in [3.63, 3.8) is 0 Å². The summed E-state index contributed by atoms with van der Waals surface area (Å²) in [6.07, 6.45) is 0. The van der Waals surface area contributed by atoms with E-state index in [2.05, 4.69) is 255 Å². The highest BCUT2D eigenvalue weighted by Crippen LogP contribution is 2.50. The van der Waals surface area contributed by atoms with Crippen LogP contribution in [-0.4, -0.2) is 9.13 Å². The molecule has 0 amide bonds. The number of aromatic nitrogens is 2. The lowest BCUT2D eigenvalue weighted by Crippen LogP contribution is -2.00. The van der Waals surface area contributed by atoms with Crippen molar-refractivity contribution in [2.45, 2.75) is 27.7 Å². The minimum Gasteiger partial charge on any atom is -0.312 e. The molecule has 338 valence electrons. The largest absolute Gasteiger partial charge is 0.312 e. The molecule has 2 nitrogen and oxygen atoms in total. The third kappa shape index (κ3) is 5.78. The summed E-state index contributed by atoms with van der Waals surface area (Å²) < 4.78 is 5.15. The molecule has 2 aromatic heterocycles. The van der Waals surface area contributed by atoms with E-state index in [0.29, 0.717) is 0 Å². The molecule has 15 rings (SSSR count). The molecule has 0 atom stereocenters. The average Bonchev–Trinajstić information content (AvgIpc) is 3.80. The topological polar surface area (TPSA) is 9.86 Å². The van der Waals surface area contributed by atoms with Crippen LogP contribution in [0.5, 0.6) is 0 Å². The van der Waals surface area contributed by atoms with E-state index in [0.717, 1.165) is 0 Å². The standard InChI is InChI=1S/C70H48N2/c1-41-43(3)71(69-55-25-13-9-21-49(55)35-50-22-10-14-26-56(50)69)65-39-63-61(37-59(41)65)67(53-31-29-45-17-5-7-19-47(45)33-53)64-40-66-60(38-62(64)68(63)54-32-30-46-18-6-8-20-48(46)34-54)42(2)44(4)72(66)70-57-27-15-11-23-51(57)36-52-24-12-16-28-58(52)70/h5-40H,1-4H3. The molecule has 15 aromatic rings. The highest BCUT2D eigenvalue weighted by atomic mass is 15.0. The fourth-order valence-electron chi connectivity index (χ4n) is 12.7. The Morgan fingerprint density at radius 3 is 0.903 bits per heavy atom. The molecule has 72 heavy (non-hydrogen) atoms. The van der Waals surface area contributed by atoms with Gasteiger partial charge >= 0.3 is 0 Å². The zero-order valence-electron chi connectivity index (χ0n) is 40.7. The smallest absolute Gasteiger partial charge is 0.0615 e. The lowest BCUT2D eigenvalue weighted by Gasteiger charge is -2.21. The lowest BCUT2D eigenvalue weighted by atomic mass is 9.84. The molecule has 0 saturated carbocycles. The highest BCUT2D eigenvalue weighted by Gasteiger charge is 2.26. The number of nitrogens with zero attached hydrogens (tertiary/aromatic N) is 2. The van der Waals surface area contributed by atoms with Crippen LogP contribution in [-0.2, 0) is 0 Å². The van der Waals surface area contributed by atoms with Gasteiger partial charge in [-0.1, -0.05) is 170 Å². The molecule has 0 unspecified atom stereocenters. The van der Waals surface area contributed by atoms with Crippen LogP contribution in [0.1, 0.15) is 22.5 Å². The van der Waals surface area contributed by atoms with Crippen molar-refractivity contribution in [2.75, 3.05) is 0 Å². The van der Waals surface area contributed by atoms with Gasteiger partial charge in [0.15, 0.2) is 0 Å². The van der Waals surface area contributed by atoms with Gasteiger partial charge in [-0.2, -0.15) is 0 Å². The van der Waals surface area contributed by atoms with E-state index in [9.17, 15) is 0 Å². The molecule has 0 aliphatic heterocycles. The Kier molecular flexibility index (Phi) is 8.66. The third-order valence-corrected chi connectivity index (χ3v) is 16.4. The summed E-state index contributed by atoms with van der Waals surface area (Å²) in [7, 11) is 0. The molecule has 2 heterocycles. The van der Waals surface area contributed by atoms with Crippen molar-refractivity contribution >= 4 is 108 Å². The first-order chi connectivity index (χ1) is 35.4. The van der Waals surface area contributed by atoms with E-state index in [-0.39, 0.29) is 0 Å². The van der Waals surface area contributed by atoms with Crippen LogP contribution in [0, 0.1) is 27.7 Å². The molecule has 2 heteroatoms. The van der Waals surface area contributed by atoms with Crippen LogP contribution in [0.4, 0.5) is 0 Å². The maximum Gasteiger partial charge on any atom is 0.0615 e. The zero-order valence-corrected chi connectivity index (χ0v) is 40.7. The Hall–Kier alpha value is -8.98. The molecule has 13 aromatic carbocycles. The molecule has 0 fully saturated rings. The van der Waals surface area contributed by atoms with E-state index in [1.807, 2.05) is 0 Å². The first-order valence-electron chi connectivity index (χ1n) is 25.2. The predicted octanol–water partition coefficient (Wildman–Crippen LogP) is 19.4. The molecule has 0 spiro atoms. The average molecular weight is 917 g/mol. The van der Waals surface area contributed by atoms with Gasteiger partial charge in [0.1, 0.15) is 0 Å². The van der Waals surface area contributed by atoms with E-state index in [4.69, 9.17) is 0 Å². The predicted molar refractivity (Wildman–Crippen MR) is 310 cm³/mol. The molecule has 0 N–H and O–H groups in total. The number of benzene rings is 13. The molecular formula is C70H48N2. The second kappa shape index (κ2) is 15.3. The lowest BCUT2D eigenvalue weighted by molar-refractivity contribution is 1.06. The summed E-state index contributed by atoms with van der Waals surface area (Å²) in [6, 6.07) is 82.3. The summed E-state index contributed by atoms with van der Waals surface area (Å²) in [5.74, 6) is 0. The summed E-state index contributed by atoms with van der Waals surface area (Å²) in [6.45, 7) is 9.28. The molecule has 0 aliphatic rings. The van der Waals surface area contributed by atoms with Gasteiger partial charge < -0.3 is 9.13 Å². The Bertz CT molecular complexity index is 4430. The van der Waals surface area contributed by atoms with Gasteiger partial charge in [-0.25, -0.2) is 0 Å². The number of hydrogen-bond donors (Lipinski definition) is 0. The molecule has 0 saturated heterocycles. The molecule has 0 aliphatic carbocycles. The monoisotopic (exact) mass is 916 g/mol. The van der Waals surface area contributed by atoms with Crippen LogP contribution in [0.25, 0.3) is 142 Å². The summed E-state index contributed by atoms with van der Waals surface area (Å²) in [5.41, 5.74) is 14.9. The van der Waals surface area contributed by atoms with Crippen molar-refractivity contribution in [3.8, 4) is 33.6 Å². The van der Waals surface area contributed by atoms with Crippen LogP contribution >= 0.6 is 0 Å². The normalized spacial score (nSPS) is 12.2. The van der Waals surface area contributed by atoms with Gasteiger partial charge in [-0.15, -0.1) is 0 Å². The Morgan fingerprint density at radius 2 is 0.542 bits per heavy atom. The number of fused-ring (bicyclic) bond motifs is 10. The number of rotatable bonds is 4. The van der Waals surface area contributed by atoms with Crippen molar-refractivity contribution in [3.05, 3.63) is 241 Å². The highest BCUT2D eigenvalue weighted by molar-refractivity contribution is 6.27. The summed E-state index contributed by atoms with van der Waals surface area (Å²) in [5, 5.41) is 22.4. The second-order valence-corrected chi connectivity index (χ2v) is 20.1. The zero-order chi connectivity index (χ0) is 47.9. The number of hydrogen-bond acceptors (Lipinski definition) is 0. The first-order valence-corrected chi connectivity index (χ1v) is 25.2. The van der Waals surface area contributed by atoms with Crippen molar-refractivity contribution in [1.82, 2.24) is 9.13 Å². The van der Waals surface area contributed by atoms with E-state index >= 15 is 0 Å². The van der Waals surface area contributed by atoms with Gasteiger partial charge in [0, 0.05) is 43.7 Å². The van der Waals surface area contributed by atoms with Crippen LogP contribution in [0.3, 0.4) is 0 Å². The SMILES string of the molecule is Cc1c(C)n(-c2c3ccccc3cc3ccccc23)c2cc3c(-c4ccc5ccccc5c4)c4cc5c(C)c(C)n(-c6c7ccccc7cc7ccccc67)c5cc4c(-c4ccc5ccccc5c4)c3cc12. The Labute approximate surface area is 417 Å². The van der Waals surface area contributed by atoms with Crippen molar-refractivity contribution < 1.29 is 0 Å². The maximum atomic E-state index is 2.57. The Balaban J connectivity index is 1.16. The van der Waals surface area contributed by atoms with Gasteiger partial charge in [-0.05, 0) is 174 Å². The second-order valence-electron chi connectivity index (χ2n) is 20.1. The summed E-state index contributed by atoms with van der Waals surface area (Å²) >= 11 is 0. The van der Waals surface area contributed by atoms with E-state index < -0.39 is 0 Å². The first kappa shape index (κ1) is 40.9. The van der Waals surface area contributed by atoms with Crippen LogP contribution < -0.4 is 0 Å². The summed E-state index contributed by atoms with van der Waals surface area (Å²) in [4.78, 5) is 0. The quantitative estimate of drug-likeness (QED) is 0.156. The number of aryl methyl sites for hydroxylation is 2. The van der Waals surface area contributed by atoms with E-state index in [1.54, 1.807) is 0 Å². The molecule has 0 radical (unpaired) electrons. The van der Waals surface area contributed by atoms with Gasteiger partial charge in [0.05, 0.1) is 22.4 Å². The van der Waals surface area contributed by atoms with Crippen LogP contribution in [0.15, 0.2) is 218 Å². The van der Waals surface area contributed by atoms with Gasteiger partial charge in [0.2, 0.25) is 0 Å². The van der Waals surface area contributed by atoms with Crippen molar-refractivity contribution in [1.29, 1.82) is 0 Å². The molecule has 0 bridgehead atoms. The minimum absolute atomic E-state index is 1.21. The van der Waals surface area contributed by atoms with Crippen molar-refractivity contribution in [2.24, 2.45) is 0 Å². The Morgan fingerprint density at radius 1 is 0.236 bits per heavy atom. The van der Waals surface area contributed by atoms with Gasteiger partial charge in [-0.3, -0.25) is 0 Å². The minimum atomic E-state index is 1.21. The van der Waals surface area contributed by atoms with Crippen LogP contribution in [0.2, 0.25) is 0 Å². The fourth-order valence-corrected chi connectivity index (χ4v) is 12.7. The third-order valence-electron chi connectivity index (χ3n) is 16.4. The fraction of sp³-hybridized carbons (Fsp3) is 0.0571. The van der Waals surface area contributed by atoms with Gasteiger partial charge in [0.25, 0.3) is 0 Å². The maximum absolute atomic E-state index is 2.57.